The Morgan fingerprint density at radius 1 is 1.18 bits per heavy atom. The van der Waals surface area contributed by atoms with Gasteiger partial charge in [0.05, 0.1) is 11.4 Å². The van der Waals surface area contributed by atoms with E-state index in [2.05, 4.69) is 16.0 Å². The van der Waals surface area contributed by atoms with Gasteiger partial charge >= 0.3 is 0 Å². The van der Waals surface area contributed by atoms with Gasteiger partial charge in [-0.05, 0) is 62.9 Å². The van der Waals surface area contributed by atoms with Gasteiger partial charge in [0.1, 0.15) is 0 Å². The zero-order valence-electron chi connectivity index (χ0n) is 13.4. The summed E-state index contributed by atoms with van der Waals surface area (Å²) in [5, 5.41) is 9.01. The van der Waals surface area contributed by atoms with Crippen LogP contribution in [0.2, 0.25) is 0 Å². The van der Waals surface area contributed by atoms with Crippen molar-refractivity contribution in [2.24, 2.45) is 5.92 Å². The first-order chi connectivity index (χ1) is 10.5. The van der Waals surface area contributed by atoms with Crippen LogP contribution in [-0.2, 0) is 9.59 Å². The van der Waals surface area contributed by atoms with Crippen LogP contribution in [0.15, 0.2) is 18.2 Å². The maximum atomic E-state index is 12.2. The van der Waals surface area contributed by atoms with Gasteiger partial charge in [0.25, 0.3) is 0 Å². The van der Waals surface area contributed by atoms with E-state index in [1.807, 2.05) is 25.1 Å². The van der Waals surface area contributed by atoms with E-state index in [1.54, 1.807) is 0 Å². The molecule has 3 N–H and O–H groups in total. The molecule has 120 valence electrons. The highest BCUT2D eigenvalue weighted by molar-refractivity contribution is 5.98. The first-order valence-corrected chi connectivity index (χ1v) is 7.93. The molecule has 22 heavy (non-hydrogen) atoms. The molecule has 2 rings (SSSR count). The number of aryl methyl sites for hydroxylation is 1. The Labute approximate surface area is 131 Å². The third-order valence-corrected chi connectivity index (χ3v) is 4.00. The molecule has 0 atom stereocenters. The minimum absolute atomic E-state index is 0.00994. The molecular formula is C17H25N3O2. The van der Waals surface area contributed by atoms with Gasteiger partial charge in [-0.15, -0.1) is 0 Å². The third-order valence-electron chi connectivity index (χ3n) is 4.00. The second kappa shape index (κ2) is 7.94. The van der Waals surface area contributed by atoms with Crippen LogP contribution in [0.3, 0.4) is 0 Å². The van der Waals surface area contributed by atoms with Crippen LogP contribution in [0.5, 0.6) is 0 Å². The monoisotopic (exact) mass is 303 g/mol. The normalized spacial score (nSPS) is 15.4. The second-order valence-corrected chi connectivity index (χ2v) is 6.01. The van der Waals surface area contributed by atoms with Crippen LogP contribution in [0.1, 0.15) is 38.2 Å². The molecule has 1 fully saturated rings. The number of anilines is 2. The Hall–Kier alpha value is -1.88. The largest absolute Gasteiger partial charge is 0.325 e. The molecule has 0 aliphatic carbocycles. The molecule has 5 nitrogen and oxygen atoms in total. The molecule has 0 spiro atoms. The average molecular weight is 303 g/mol. The zero-order chi connectivity index (χ0) is 15.9. The van der Waals surface area contributed by atoms with Gasteiger partial charge < -0.3 is 16.0 Å². The summed E-state index contributed by atoms with van der Waals surface area (Å²) in [6.45, 7) is 5.53. The van der Waals surface area contributed by atoms with Crippen LogP contribution in [0, 0.1) is 12.8 Å². The van der Waals surface area contributed by atoms with Crippen molar-refractivity contribution in [2.45, 2.75) is 39.5 Å². The third kappa shape index (κ3) is 5.15. The van der Waals surface area contributed by atoms with Crippen molar-refractivity contribution in [3.05, 3.63) is 23.8 Å². The van der Waals surface area contributed by atoms with Gasteiger partial charge in [-0.25, -0.2) is 0 Å². The fraction of sp³-hybridized carbons (Fsp3) is 0.529. The van der Waals surface area contributed by atoms with Crippen LogP contribution in [-0.4, -0.2) is 24.9 Å². The molecule has 1 heterocycles. The summed E-state index contributed by atoms with van der Waals surface area (Å²) in [7, 11) is 0. The Kier molecular flexibility index (Phi) is 5.95. The lowest BCUT2D eigenvalue weighted by atomic mass is 9.93. The smallest absolute Gasteiger partial charge is 0.224 e. The van der Waals surface area contributed by atoms with Crippen LogP contribution < -0.4 is 16.0 Å². The number of carbonyl (C=O) groups is 2. The summed E-state index contributed by atoms with van der Waals surface area (Å²) in [6, 6.07) is 5.61. The SMILES string of the molecule is CC(=O)Nc1ccc(C)cc1NC(=O)CCC1CCNCC1. The standard InChI is InChI=1S/C17H25N3O2/c1-12-3-5-15(19-13(2)21)16(11-12)20-17(22)6-4-14-7-9-18-10-8-14/h3,5,11,14,18H,4,6-10H2,1-2H3,(H,19,21)(H,20,22). The molecule has 1 aliphatic rings. The molecule has 0 unspecified atom stereocenters. The molecule has 5 heteroatoms. The first-order valence-electron chi connectivity index (χ1n) is 7.93. The van der Waals surface area contributed by atoms with Crippen molar-refractivity contribution in [1.29, 1.82) is 0 Å². The highest BCUT2D eigenvalue weighted by Crippen LogP contribution is 2.24. The van der Waals surface area contributed by atoms with E-state index in [0.717, 1.165) is 37.9 Å². The number of hydrogen-bond acceptors (Lipinski definition) is 3. The van der Waals surface area contributed by atoms with Gasteiger partial charge in [0.2, 0.25) is 11.8 Å². The van der Waals surface area contributed by atoms with E-state index in [4.69, 9.17) is 0 Å². The number of hydrogen-bond donors (Lipinski definition) is 3. The van der Waals surface area contributed by atoms with Gasteiger partial charge in [-0.3, -0.25) is 9.59 Å². The maximum Gasteiger partial charge on any atom is 0.224 e. The number of carbonyl (C=O) groups excluding carboxylic acids is 2. The number of rotatable bonds is 5. The van der Waals surface area contributed by atoms with E-state index in [1.165, 1.54) is 6.92 Å². The van der Waals surface area contributed by atoms with E-state index in [9.17, 15) is 9.59 Å². The molecule has 1 aliphatic heterocycles. The lowest BCUT2D eigenvalue weighted by molar-refractivity contribution is -0.116. The summed E-state index contributed by atoms with van der Waals surface area (Å²) in [5.74, 6) is 0.504. The number of amides is 2. The number of benzene rings is 1. The highest BCUT2D eigenvalue weighted by Gasteiger charge is 2.15. The summed E-state index contributed by atoms with van der Waals surface area (Å²) in [4.78, 5) is 23.4. The Balaban J connectivity index is 1.92. The Bertz CT molecular complexity index is 537. The molecule has 0 bridgehead atoms. The highest BCUT2D eigenvalue weighted by atomic mass is 16.2. The van der Waals surface area contributed by atoms with Crippen LogP contribution >= 0.6 is 0 Å². The summed E-state index contributed by atoms with van der Waals surface area (Å²) >= 11 is 0. The fourth-order valence-electron chi connectivity index (χ4n) is 2.78. The lowest BCUT2D eigenvalue weighted by Gasteiger charge is -2.22. The number of nitrogens with one attached hydrogen (secondary N) is 3. The summed E-state index contributed by atoms with van der Waals surface area (Å²) in [5.41, 5.74) is 2.36. The lowest BCUT2D eigenvalue weighted by Crippen LogP contribution is -2.28. The van der Waals surface area contributed by atoms with Crippen LogP contribution in [0.4, 0.5) is 11.4 Å². The average Bonchev–Trinajstić information content (AvgIpc) is 2.49. The molecule has 1 aromatic rings. The Morgan fingerprint density at radius 3 is 2.59 bits per heavy atom. The second-order valence-electron chi connectivity index (χ2n) is 6.01. The maximum absolute atomic E-state index is 12.2. The predicted molar refractivity (Wildman–Crippen MR) is 88.9 cm³/mol. The van der Waals surface area contributed by atoms with Crippen molar-refractivity contribution in [1.82, 2.24) is 5.32 Å². The van der Waals surface area contributed by atoms with Gasteiger partial charge in [-0.1, -0.05) is 6.07 Å². The Morgan fingerprint density at radius 2 is 1.91 bits per heavy atom. The molecule has 2 amide bonds. The van der Waals surface area contributed by atoms with E-state index in [-0.39, 0.29) is 11.8 Å². The van der Waals surface area contributed by atoms with Crippen molar-refractivity contribution in [2.75, 3.05) is 23.7 Å². The van der Waals surface area contributed by atoms with E-state index in [0.29, 0.717) is 23.7 Å². The predicted octanol–water partition coefficient (Wildman–Crippen LogP) is 2.67. The van der Waals surface area contributed by atoms with Gasteiger partial charge in [0, 0.05) is 13.3 Å². The molecule has 1 saturated heterocycles. The molecular weight excluding hydrogens is 278 g/mol. The molecule has 0 aromatic heterocycles. The minimum atomic E-state index is -0.144. The van der Waals surface area contributed by atoms with Gasteiger partial charge in [0.15, 0.2) is 0 Å². The van der Waals surface area contributed by atoms with Crippen molar-refractivity contribution in [3.63, 3.8) is 0 Å². The van der Waals surface area contributed by atoms with E-state index >= 15 is 0 Å². The van der Waals surface area contributed by atoms with Gasteiger partial charge in [-0.2, -0.15) is 0 Å². The molecule has 0 saturated carbocycles. The van der Waals surface area contributed by atoms with Crippen molar-refractivity contribution in [3.8, 4) is 0 Å². The zero-order valence-corrected chi connectivity index (χ0v) is 13.4. The number of piperidine rings is 1. The van der Waals surface area contributed by atoms with Crippen molar-refractivity contribution < 1.29 is 9.59 Å². The fourth-order valence-corrected chi connectivity index (χ4v) is 2.78. The quantitative estimate of drug-likeness (QED) is 0.783. The van der Waals surface area contributed by atoms with Crippen LogP contribution in [0.25, 0.3) is 0 Å². The summed E-state index contributed by atoms with van der Waals surface area (Å²) < 4.78 is 0. The molecule has 1 aromatic carbocycles. The van der Waals surface area contributed by atoms with Crippen molar-refractivity contribution >= 4 is 23.2 Å². The van der Waals surface area contributed by atoms with E-state index < -0.39 is 0 Å². The topological polar surface area (TPSA) is 70.2 Å². The first kappa shape index (κ1) is 16.5. The minimum Gasteiger partial charge on any atom is -0.325 e. The molecule has 0 radical (unpaired) electrons. The summed E-state index contributed by atoms with van der Waals surface area (Å²) in [6.07, 6.45) is 3.75.